The van der Waals surface area contributed by atoms with Crippen molar-refractivity contribution in [2.24, 2.45) is 0 Å². The van der Waals surface area contributed by atoms with Crippen molar-refractivity contribution in [1.29, 1.82) is 0 Å². The molecule has 4 heteroatoms. The van der Waals surface area contributed by atoms with Crippen LogP contribution in [0.2, 0.25) is 0 Å². The first-order chi connectivity index (χ1) is 8.33. The second-order valence-corrected chi connectivity index (χ2v) is 4.99. The zero-order chi connectivity index (χ0) is 11.7. The molecule has 84 valence electrons. The molecule has 2 aromatic carbocycles. The van der Waals surface area contributed by atoms with Gasteiger partial charge in [0.05, 0.1) is 0 Å². The first-order valence-corrected chi connectivity index (χ1v) is 6.41. The lowest BCUT2D eigenvalue weighted by Crippen LogP contribution is -1.75. The van der Waals surface area contributed by atoms with E-state index in [9.17, 15) is 0 Å². The third-order valence-corrected chi connectivity index (χ3v) is 3.80. The summed E-state index contributed by atoms with van der Waals surface area (Å²) in [6.07, 6.45) is 0. The first-order valence-electron chi connectivity index (χ1n) is 5.14. The second kappa shape index (κ2) is 4.47. The van der Waals surface area contributed by atoms with Crippen molar-refractivity contribution in [3.05, 3.63) is 48.5 Å². The highest BCUT2D eigenvalue weighted by Crippen LogP contribution is 2.33. The minimum atomic E-state index is 0.646. The van der Waals surface area contributed by atoms with Crippen molar-refractivity contribution >= 4 is 35.5 Å². The number of rotatable bonds is 2. The number of hydrogen-bond acceptors (Lipinski definition) is 4. The van der Waals surface area contributed by atoms with Gasteiger partial charge in [0.25, 0.3) is 5.22 Å². The third-order valence-electron chi connectivity index (χ3n) is 2.34. The Morgan fingerprint density at radius 1 is 1.00 bits per heavy atom. The Morgan fingerprint density at radius 3 is 2.59 bits per heavy atom. The summed E-state index contributed by atoms with van der Waals surface area (Å²) in [7, 11) is 0. The van der Waals surface area contributed by atoms with Crippen LogP contribution < -0.4 is 0 Å². The lowest BCUT2D eigenvalue weighted by atomic mass is 10.3. The summed E-state index contributed by atoms with van der Waals surface area (Å²) < 4.78 is 5.64. The summed E-state index contributed by atoms with van der Waals surface area (Å²) >= 11 is 5.89. The highest BCUT2D eigenvalue weighted by molar-refractivity contribution is 7.99. The van der Waals surface area contributed by atoms with Crippen LogP contribution in [0, 0.1) is 0 Å². The first kappa shape index (κ1) is 10.7. The maximum absolute atomic E-state index is 5.64. The van der Waals surface area contributed by atoms with Crippen molar-refractivity contribution in [1.82, 2.24) is 4.98 Å². The topological polar surface area (TPSA) is 26.0 Å². The fourth-order valence-electron chi connectivity index (χ4n) is 1.53. The normalized spacial score (nSPS) is 10.9. The van der Waals surface area contributed by atoms with Gasteiger partial charge < -0.3 is 4.42 Å². The van der Waals surface area contributed by atoms with Crippen LogP contribution in [0.3, 0.4) is 0 Å². The van der Waals surface area contributed by atoms with E-state index >= 15 is 0 Å². The van der Waals surface area contributed by atoms with Crippen LogP contribution in [-0.2, 0) is 0 Å². The smallest absolute Gasteiger partial charge is 0.261 e. The number of thiol groups is 1. The lowest BCUT2D eigenvalue weighted by molar-refractivity contribution is 0.489. The number of hydrogen-bond donors (Lipinski definition) is 1. The predicted molar refractivity (Wildman–Crippen MR) is 71.8 cm³/mol. The highest BCUT2D eigenvalue weighted by atomic mass is 32.2. The molecule has 0 N–H and O–H groups in total. The second-order valence-electron chi connectivity index (χ2n) is 3.52. The van der Waals surface area contributed by atoms with E-state index in [0.717, 1.165) is 20.9 Å². The van der Waals surface area contributed by atoms with Gasteiger partial charge >= 0.3 is 0 Å². The molecule has 0 saturated carbocycles. The van der Waals surface area contributed by atoms with Crippen LogP contribution in [0.15, 0.2) is 68.0 Å². The molecule has 0 unspecified atom stereocenters. The molecule has 1 heterocycles. The molecular formula is C13H9NOS2. The van der Waals surface area contributed by atoms with Gasteiger partial charge in [-0.1, -0.05) is 24.3 Å². The Kier molecular flexibility index (Phi) is 2.82. The lowest BCUT2D eigenvalue weighted by Gasteiger charge is -1.99. The fourth-order valence-corrected chi connectivity index (χ4v) is 2.61. The number of oxazole rings is 1. The maximum atomic E-state index is 5.64. The van der Waals surface area contributed by atoms with E-state index in [0.29, 0.717) is 5.22 Å². The number of para-hydroxylation sites is 2. The number of fused-ring (bicyclic) bond motifs is 1. The highest BCUT2D eigenvalue weighted by Gasteiger charge is 2.08. The molecule has 1 aromatic heterocycles. The zero-order valence-corrected chi connectivity index (χ0v) is 10.5. The molecule has 0 saturated heterocycles. The molecule has 0 atom stereocenters. The van der Waals surface area contributed by atoms with E-state index in [1.165, 1.54) is 11.8 Å². The number of benzene rings is 2. The monoisotopic (exact) mass is 259 g/mol. The molecule has 0 spiro atoms. The van der Waals surface area contributed by atoms with Gasteiger partial charge in [0.1, 0.15) is 5.52 Å². The van der Waals surface area contributed by atoms with Crippen LogP contribution in [0.4, 0.5) is 0 Å². The van der Waals surface area contributed by atoms with Crippen molar-refractivity contribution in [3.8, 4) is 0 Å². The van der Waals surface area contributed by atoms with E-state index in [-0.39, 0.29) is 0 Å². The summed E-state index contributed by atoms with van der Waals surface area (Å²) in [5.74, 6) is 0. The Morgan fingerprint density at radius 2 is 1.76 bits per heavy atom. The van der Waals surface area contributed by atoms with Crippen LogP contribution in [-0.4, -0.2) is 4.98 Å². The Hall–Kier alpha value is -1.39. The molecule has 3 rings (SSSR count). The van der Waals surface area contributed by atoms with E-state index in [4.69, 9.17) is 4.42 Å². The van der Waals surface area contributed by atoms with Gasteiger partial charge in [0, 0.05) is 9.79 Å². The van der Waals surface area contributed by atoms with Gasteiger partial charge in [0.2, 0.25) is 0 Å². The summed E-state index contributed by atoms with van der Waals surface area (Å²) in [6.45, 7) is 0. The fraction of sp³-hybridized carbons (Fsp3) is 0. The standard InChI is InChI=1S/C13H9NOS2/c16-11-7-3-4-8-12(11)17-13-14-9-5-1-2-6-10(9)15-13/h1-8,16H. The third kappa shape index (κ3) is 2.18. The molecule has 17 heavy (non-hydrogen) atoms. The van der Waals surface area contributed by atoms with Crippen molar-refractivity contribution in [3.63, 3.8) is 0 Å². The van der Waals surface area contributed by atoms with Gasteiger partial charge in [-0.05, 0) is 36.0 Å². The van der Waals surface area contributed by atoms with E-state index < -0.39 is 0 Å². The number of nitrogens with zero attached hydrogens (tertiary/aromatic N) is 1. The van der Waals surface area contributed by atoms with Crippen molar-refractivity contribution < 1.29 is 4.42 Å². The minimum Gasteiger partial charge on any atom is -0.431 e. The van der Waals surface area contributed by atoms with E-state index in [2.05, 4.69) is 17.6 Å². The zero-order valence-electron chi connectivity index (χ0n) is 8.83. The SMILES string of the molecule is Sc1ccccc1Sc1nc2ccccc2o1. The predicted octanol–water partition coefficient (Wildman–Crippen LogP) is 4.27. The average molecular weight is 259 g/mol. The van der Waals surface area contributed by atoms with Crippen LogP contribution in [0.25, 0.3) is 11.1 Å². The van der Waals surface area contributed by atoms with Crippen LogP contribution in [0.1, 0.15) is 0 Å². The molecule has 0 aliphatic rings. The van der Waals surface area contributed by atoms with Gasteiger partial charge in [-0.15, -0.1) is 12.6 Å². The molecule has 0 amide bonds. The molecule has 2 nitrogen and oxygen atoms in total. The van der Waals surface area contributed by atoms with Crippen LogP contribution >= 0.6 is 24.4 Å². The van der Waals surface area contributed by atoms with Gasteiger partial charge in [-0.2, -0.15) is 0 Å². The maximum Gasteiger partial charge on any atom is 0.261 e. The average Bonchev–Trinajstić information content (AvgIpc) is 2.74. The van der Waals surface area contributed by atoms with Gasteiger partial charge in [-0.25, -0.2) is 4.98 Å². The molecular weight excluding hydrogens is 250 g/mol. The Balaban J connectivity index is 1.98. The van der Waals surface area contributed by atoms with Crippen LogP contribution in [0.5, 0.6) is 0 Å². The van der Waals surface area contributed by atoms with Gasteiger partial charge in [0.15, 0.2) is 5.58 Å². The molecule has 0 fully saturated rings. The summed E-state index contributed by atoms with van der Waals surface area (Å²) in [6, 6.07) is 15.6. The van der Waals surface area contributed by atoms with Crippen molar-refractivity contribution in [2.75, 3.05) is 0 Å². The van der Waals surface area contributed by atoms with Gasteiger partial charge in [-0.3, -0.25) is 0 Å². The summed E-state index contributed by atoms with van der Waals surface area (Å²) in [5, 5.41) is 0.646. The molecule has 0 aliphatic carbocycles. The Labute approximate surface area is 108 Å². The summed E-state index contributed by atoms with van der Waals surface area (Å²) in [5.41, 5.74) is 1.69. The molecule has 3 aromatic rings. The van der Waals surface area contributed by atoms with E-state index in [1.54, 1.807) is 0 Å². The quantitative estimate of drug-likeness (QED) is 0.696. The molecule has 0 radical (unpaired) electrons. The molecule has 0 aliphatic heterocycles. The van der Waals surface area contributed by atoms with E-state index in [1.807, 2.05) is 48.5 Å². The minimum absolute atomic E-state index is 0.646. The largest absolute Gasteiger partial charge is 0.431 e. The summed E-state index contributed by atoms with van der Waals surface area (Å²) in [4.78, 5) is 6.39. The number of aromatic nitrogens is 1. The Bertz CT molecular complexity index is 630. The molecule has 0 bridgehead atoms. The van der Waals surface area contributed by atoms with Crippen molar-refractivity contribution in [2.45, 2.75) is 15.0 Å².